The molecule has 0 spiro atoms. The van der Waals surface area contributed by atoms with Crippen molar-refractivity contribution in [3.8, 4) is 5.75 Å². The molecule has 1 aromatic rings. The lowest BCUT2D eigenvalue weighted by Crippen LogP contribution is -2.15. The van der Waals surface area contributed by atoms with Crippen LogP contribution in [-0.4, -0.2) is 12.6 Å². The molecule has 1 aliphatic carbocycles. The fraction of sp³-hybridized carbons (Fsp3) is 0.600. The number of nitrogens with one attached hydrogen (secondary N) is 1. The van der Waals surface area contributed by atoms with Gasteiger partial charge in [0.25, 0.3) is 0 Å². The van der Waals surface area contributed by atoms with Gasteiger partial charge in [0.15, 0.2) is 0 Å². The summed E-state index contributed by atoms with van der Waals surface area (Å²) < 4.78 is 5.75. The van der Waals surface area contributed by atoms with Crippen molar-refractivity contribution in [1.82, 2.24) is 5.32 Å². The van der Waals surface area contributed by atoms with Gasteiger partial charge in [-0.25, -0.2) is 0 Å². The fourth-order valence-corrected chi connectivity index (χ4v) is 1.71. The third kappa shape index (κ3) is 4.78. The number of ether oxygens (including phenoxy) is 1. The third-order valence-corrected chi connectivity index (χ3v) is 3.03. The molecule has 2 nitrogen and oxygen atoms in total. The van der Waals surface area contributed by atoms with E-state index in [1.54, 1.807) is 0 Å². The van der Waals surface area contributed by atoms with Crippen molar-refractivity contribution in [3.63, 3.8) is 0 Å². The van der Waals surface area contributed by atoms with E-state index < -0.39 is 0 Å². The Morgan fingerprint density at radius 2 is 2.18 bits per heavy atom. The Hall–Kier alpha value is -1.02. The first-order valence-electron chi connectivity index (χ1n) is 6.69. The Bertz CT molecular complexity index is 345. The smallest absolute Gasteiger partial charge is 0.119 e. The summed E-state index contributed by atoms with van der Waals surface area (Å²) in [5.74, 6) is 1.70. The monoisotopic (exact) mass is 233 g/mol. The number of hydrogen-bond acceptors (Lipinski definition) is 2. The van der Waals surface area contributed by atoms with E-state index >= 15 is 0 Å². The molecule has 0 unspecified atom stereocenters. The Morgan fingerprint density at radius 1 is 1.35 bits per heavy atom. The van der Waals surface area contributed by atoms with E-state index in [1.807, 2.05) is 6.07 Å². The molecule has 1 aromatic carbocycles. The summed E-state index contributed by atoms with van der Waals surface area (Å²) in [4.78, 5) is 0. The summed E-state index contributed by atoms with van der Waals surface area (Å²) in [6.45, 7) is 6.22. The molecule has 1 N–H and O–H groups in total. The summed E-state index contributed by atoms with van der Waals surface area (Å²) in [7, 11) is 0. The van der Waals surface area contributed by atoms with Gasteiger partial charge in [-0.15, -0.1) is 0 Å². The van der Waals surface area contributed by atoms with Gasteiger partial charge in [-0.1, -0.05) is 26.0 Å². The molecule has 1 saturated carbocycles. The van der Waals surface area contributed by atoms with Crippen molar-refractivity contribution in [2.24, 2.45) is 5.92 Å². The molecule has 0 aromatic heterocycles. The molecule has 94 valence electrons. The average Bonchev–Trinajstić information content (AvgIpc) is 3.10. The minimum absolute atomic E-state index is 0.703. The predicted molar refractivity (Wildman–Crippen MR) is 71.3 cm³/mol. The summed E-state index contributed by atoms with van der Waals surface area (Å²) >= 11 is 0. The molecule has 2 heteroatoms. The van der Waals surface area contributed by atoms with Gasteiger partial charge in [0, 0.05) is 12.6 Å². The maximum absolute atomic E-state index is 5.75. The molecule has 0 atom stereocenters. The first-order valence-corrected chi connectivity index (χ1v) is 6.69. The SMILES string of the molecule is CC(C)CCOc1cccc(CNC2CC2)c1. The highest BCUT2D eigenvalue weighted by molar-refractivity contribution is 5.28. The molecule has 17 heavy (non-hydrogen) atoms. The van der Waals surface area contributed by atoms with Crippen LogP contribution in [0.25, 0.3) is 0 Å². The first-order chi connectivity index (χ1) is 8.24. The maximum atomic E-state index is 5.75. The second kappa shape index (κ2) is 6.06. The Labute approximate surface area is 104 Å². The molecule has 0 radical (unpaired) electrons. The van der Waals surface area contributed by atoms with Crippen LogP contribution in [0, 0.1) is 5.92 Å². The zero-order valence-electron chi connectivity index (χ0n) is 10.9. The fourth-order valence-electron chi connectivity index (χ4n) is 1.71. The van der Waals surface area contributed by atoms with Crippen molar-refractivity contribution >= 4 is 0 Å². The molecular formula is C15H23NO. The van der Waals surface area contributed by atoms with Gasteiger partial charge >= 0.3 is 0 Å². The minimum atomic E-state index is 0.703. The Balaban J connectivity index is 1.78. The summed E-state index contributed by atoms with van der Waals surface area (Å²) in [6.07, 6.45) is 3.79. The maximum Gasteiger partial charge on any atom is 0.119 e. The highest BCUT2D eigenvalue weighted by Gasteiger charge is 2.19. The van der Waals surface area contributed by atoms with Crippen LogP contribution in [0.4, 0.5) is 0 Å². The molecule has 0 aliphatic heterocycles. The highest BCUT2D eigenvalue weighted by atomic mass is 16.5. The third-order valence-electron chi connectivity index (χ3n) is 3.03. The van der Waals surface area contributed by atoms with Crippen LogP contribution >= 0.6 is 0 Å². The summed E-state index contributed by atoms with van der Waals surface area (Å²) in [5, 5.41) is 3.52. The van der Waals surface area contributed by atoms with Crippen molar-refractivity contribution < 1.29 is 4.74 Å². The topological polar surface area (TPSA) is 21.3 Å². The molecule has 0 bridgehead atoms. The van der Waals surface area contributed by atoms with E-state index in [0.29, 0.717) is 5.92 Å². The van der Waals surface area contributed by atoms with E-state index in [9.17, 15) is 0 Å². The van der Waals surface area contributed by atoms with Crippen LogP contribution in [0.5, 0.6) is 5.75 Å². The van der Waals surface area contributed by atoms with Crippen molar-refractivity contribution in [2.75, 3.05) is 6.61 Å². The summed E-state index contributed by atoms with van der Waals surface area (Å²) in [6, 6.07) is 9.19. The first kappa shape index (κ1) is 12.4. The standard InChI is InChI=1S/C15H23NO/c1-12(2)8-9-17-15-5-3-4-13(10-15)11-16-14-6-7-14/h3-5,10,12,14,16H,6-9,11H2,1-2H3. The molecular weight excluding hydrogens is 210 g/mol. The van der Waals surface area contributed by atoms with Crippen LogP contribution in [0.1, 0.15) is 38.7 Å². The molecule has 0 amide bonds. The normalized spacial score (nSPS) is 15.2. The highest BCUT2D eigenvalue weighted by Crippen LogP contribution is 2.20. The average molecular weight is 233 g/mol. The molecule has 0 saturated heterocycles. The van der Waals surface area contributed by atoms with Crippen LogP contribution in [-0.2, 0) is 6.54 Å². The van der Waals surface area contributed by atoms with Crippen LogP contribution in [0.15, 0.2) is 24.3 Å². The number of hydrogen-bond donors (Lipinski definition) is 1. The van der Waals surface area contributed by atoms with Gasteiger partial charge in [-0.2, -0.15) is 0 Å². The van der Waals surface area contributed by atoms with E-state index in [4.69, 9.17) is 4.74 Å². The van der Waals surface area contributed by atoms with Gasteiger partial charge in [-0.05, 0) is 42.9 Å². The number of benzene rings is 1. The molecule has 0 heterocycles. The van der Waals surface area contributed by atoms with E-state index in [2.05, 4.69) is 37.4 Å². The minimum Gasteiger partial charge on any atom is -0.494 e. The molecule has 1 fully saturated rings. The second-order valence-electron chi connectivity index (χ2n) is 5.33. The van der Waals surface area contributed by atoms with Crippen molar-refractivity contribution in [2.45, 2.75) is 45.7 Å². The lowest BCUT2D eigenvalue weighted by molar-refractivity contribution is 0.289. The second-order valence-corrected chi connectivity index (χ2v) is 5.33. The Kier molecular flexibility index (Phi) is 4.43. The van der Waals surface area contributed by atoms with Crippen LogP contribution in [0.3, 0.4) is 0 Å². The summed E-state index contributed by atoms with van der Waals surface area (Å²) in [5.41, 5.74) is 1.32. The van der Waals surface area contributed by atoms with Crippen LogP contribution in [0.2, 0.25) is 0 Å². The largest absolute Gasteiger partial charge is 0.494 e. The van der Waals surface area contributed by atoms with Crippen molar-refractivity contribution in [3.05, 3.63) is 29.8 Å². The molecule has 1 aliphatic rings. The predicted octanol–water partition coefficient (Wildman–Crippen LogP) is 3.36. The zero-order chi connectivity index (χ0) is 12.1. The van der Waals surface area contributed by atoms with E-state index in [-0.39, 0.29) is 0 Å². The van der Waals surface area contributed by atoms with Crippen LogP contribution < -0.4 is 10.1 Å². The van der Waals surface area contributed by atoms with Gasteiger partial charge < -0.3 is 10.1 Å². The molecule has 2 rings (SSSR count). The van der Waals surface area contributed by atoms with Gasteiger partial charge in [0.1, 0.15) is 5.75 Å². The number of rotatable bonds is 7. The van der Waals surface area contributed by atoms with Gasteiger partial charge in [0.05, 0.1) is 6.61 Å². The Morgan fingerprint density at radius 3 is 2.88 bits per heavy atom. The lowest BCUT2D eigenvalue weighted by Gasteiger charge is -2.09. The van der Waals surface area contributed by atoms with Gasteiger partial charge in [-0.3, -0.25) is 0 Å². The van der Waals surface area contributed by atoms with E-state index in [1.165, 1.54) is 18.4 Å². The lowest BCUT2D eigenvalue weighted by atomic mass is 10.1. The van der Waals surface area contributed by atoms with E-state index in [0.717, 1.165) is 31.4 Å². The quantitative estimate of drug-likeness (QED) is 0.779. The van der Waals surface area contributed by atoms with Gasteiger partial charge in [0.2, 0.25) is 0 Å². The zero-order valence-corrected chi connectivity index (χ0v) is 10.9. The van der Waals surface area contributed by atoms with Crippen molar-refractivity contribution in [1.29, 1.82) is 0 Å².